The molecule has 18 heavy (non-hydrogen) atoms. The highest BCUT2D eigenvalue weighted by Crippen LogP contribution is 2.23. The van der Waals surface area contributed by atoms with Gasteiger partial charge in [-0.1, -0.05) is 18.5 Å². The van der Waals surface area contributed by atoms with Crippen LogP contribution >= 0.6 is 11.6 Å². The van der Waals surface area contributed by atoms with Gasteiger partial charge in [-0.3, -0.25) is 4.68 Å². The smallest absolute Gasteiger partial charge is 0.0850 e. The molecule has 0 aromatic carbocycles. The molecular formula is C13H24ClN3O. The number of aromatic nitrogens is 2. The van der Waals surface area contributed by atoms with Gasteiger partial charge in [0.15, 0.2) is 0 Å². The van der Waals surface area contributed by atoms with Crippen LogP contribution in [0.4, 0.5) is 0 Å². The minimum absolute atomic E-state index is 0.0455. The van der Waals surface area contributed by atoms with Crippen molar-refractivity contribution in [2.24, 2.45) is 5.73 Å². The first-order chi connectivity index (χ1) is 8.53. The Morgan fingerprint density at radius 3 is 2.61 bits per heavy atom. The maximum Gasteiger partial charge on any atom is 0.0850 e. The SMILES string of the molecule is CCc1nn(CC)c(CC(N)CC(C)OC)c1Cl. The molecule has 2 N–H and O–H groups in total. The minimum atomic E-state index is 0.0455. The van der Waals surface area contributed by atoms with E-state index in [0.717, 1.165) is 42.2 Å². The Kier molecular flexibility index (Phi) is 6.12. The number of halogens is 1. The molecule has 0 bridgehead atoms. The lowest BCUT2D eigenvalue weighted by Gasteiger charge is -2.16. The highest BCUT2D eigenvalue weighted by atomic mass is 35.5. The van der Waals surface area contributed by atoms with E-state index < -0.39 is 0 Å². The minimum Gasteiger partial charge on any atom is -0.382 e. The Bertz CT molecular complexity index is 379. The third kappa shape index (κ3) is 3.70. The average Bonchev–Trinajstić information content (AvgIpc) is 2.66. The first-order valence-electron chi connectivity index (χ1n) is 6.55. The molecule has 0 fully saturated rings. The summed E-state index contributed by atoms with van der Waals surface area (Å²) in [7, 11) is 1.70. The van der Waals surface area contributed by atoms with E-state index in [0.29, 0.717) is 0 Å². The van der Waals surface area contributed by atoms with Crippen molar-refractivity contribution < 1.29 is 4.74 Å². The number of aryl methyl sites for hydroxylation is 2. The highest BCUT2D eigenvalue weighted by molar-refractivity contribution is 6.31. The predicted molar refractivity (Wildman–Crippen MR) is 75.1 cm³/mol. The molecule has 0 spiro atoms. The first kappa shape index (κ1) is 15.5. The third-order valence-corrected chi connectivity index (χ3v) is 3.62. The molecule has 104 valence electrons. The lowest BCUT2D eigenvalue weighted by molar-refractivity contribution is 0.104. The van der Waals surface area contributed by atoms with Gasteiger partial charge < -0.3 is 10.5 Å². The van der Waals surface area contributed by atoms with Crippen LogP contribution < -0.4 is 5.73 Å². The van der Waals surface area contributed by atoms with Crippen LogP contribution in [-0.2, 0) is 24.1 Å². The van der Waals surface area contributed by atoms with Gasteiger partial charge in [0.1, 0.15) is 0 Å². The molecule has 1 rings (SSSR count). The van der Waals surface area contributed by atoms with Crippen LogP contribution in [0.3, 0.4) is 0 Å². The zero-order chi connectivity index (χ0) is 13.7. The van der Waals surface area contributed by atoms with Gasteiger partial charge in [-0.05, 0) is 26.7 Å². The zero-order valence-electron chi connectivity index (χ0n) is 11.7. The van der Waals surface area contributed by atoms with E-state index in [1.807, 2.05) is 11.6 Å². The molecule has 0 amide bonds. The van der Waals surface area contributed by atoms with Gasteiger partial charge in [-0.15, -0.1) is 0 Å². The summed E-state index contributed by atoms with van der Waals surface area (Å²) >= 11 is 6.35. The van der Waals surface area contributed by atoms with Crippen molar-refractivity contribution in [3.05, 3.63) is 16.4 Å². The summed E-state index contributed by atoms with van der Waals surface area (Å²) in [5.74, 6) is 0. The zero-order valence-corrected chi connectivity index (χ0v) is 12.5. The molecule has 0 saturated heterocycles. The number of nitrogens with zero attached hydrogens (tertiary/aromatic N) is 2. The number of hydrogen-bond donors (Lipinski definition) is 1. The van der Waals surface area contributed by atoms with E-state index in [1.54, 1.807) is 7.11 Å². The van der Waals surface area contributed by atoms with Crippen molar-refractivity contribution >= 4 is 11.6 Å². The Morgan fingerprint density at radius 1 is 1.44 bits per heavy atom. The average molecular weight is 274 g/mol. The van der Waals surface area contributed by atoms with E-state index in [2.05, 4.69) is 18.9 Å². The van der Waals surface area contributed by atoms with Crippen LogP contribution in [0, 0.1) is 0 Å². The molecule has 0 aliphatic carbocycles. The van der Waals surface area contributed by atoms with Crippen molar-refractivity contribution in [2.75, 3.05) is 7.11 Å². The van der Waals surface area contributed by atoms with Gasteiger partial charge in [0.2, 0.25) is 0 Å². The molecular weight excluding hydrogens is 250 g/mol. The van der Waals surface area contributed by atoms with E-state index in [9.17, 15) is 0 Å². The van der Waals surface area contributed by atoms with E-state index in [-0.39, 0.29) is 12.1 Å². The monoisotopic (exact) mass is 273 g/mol. The van der Waals surface area contributed by atoms with E-state index in [4.69, 9.17) is 22.1 Å². The summed E-state index contributed by atoms with van der Waals surface area (Å²) < 4.78 is 7.19. The second kappa shape index (κ2) is 7.12. The van der Waals surface area contributed by atoms with Crippen LogP contribution in [-0.4, -0.2) is 29.0 Å². The second-order valence-electron chi connectivity index (χ2n) is 4.62. The molecule has 4 nitrogen and oxygen atoms in total. The van der Waals surface area contributed by atoms with E-state index >= 15 is 0 Å². The van der Waals surface area contributed by atoms with Gasteiger partial charge in [0.05, 0.1) is 22.5 Å². The second-order valence-corrected chi connectivity index (χ2v) is 5.00. The number of methoxy groups -OCH3 is 1. The molecule has 1 heterocycles. The van der Waals surface area contributed by atoms with Crippen LogP contribution in [0.15, 0.2) is 0 Å². The summed E-state index contributed by atoms with van der Waals surface area (Å²) in [6, 6.07) is 0.0455. The van der Waals surface area contributed by atoms with Gasteiger partial charge >= 0.3 is 0 Å². The van der Waals surface area contributed by atoms with Gasteiger partial charge in [0.25, 0.3) is 0 Å². The maximum atomic E-state index is 6.35. The van der Waals surface area contributed by atoms with Crippen LogP contribution in [0.1, 0.15) is 38.6 Å². The van der Waals surface area contributed by atoms with Crippen LogP contribution in [0.5, 0.6) is 0 Å². The normalized spacial score (nSPS) is 14.8. The summed E-state index contributed by atoms with van der Waals surface area (Å²) in [6.45, 7) is 6.97. The van der Waals surface area contributed by atoms with Crippen molar-refractivity contribution in [1.82, 2.24) is 9.78 Å². The van der Waals surface area contributed by atoms with Crippen molar-refractivity contribution in [3.8, 4) is 0 Å². The molecule has 0 aliphatic heterocycles. The van der Waals surface area contributed by atoms with Crippen LogP contribution in [0.25, 0.3) is 0 Å². The summed E-state index contributed by atoms with van der Waals surface area (Å²) in [5, 5.41) is 5.27. The van der Waals surface area contributed by atoms with Crippen molar-refractivity contribution in [1.29, 1.82) is 0 Å². The molecule has 5 heteroatoms. The molecule has 2 atom stereocenters. The Morgan fingerprint density at radius 2 is 2.11 bits per heavy atom. The van der Waals surface area contributed by atoms with E-state index in [1.165, 1.54) is 0 Å². The predicted octanol–water partition coefficient (Wildman–Crippen LogP) is 2.41. The summed E-state index contributed by atoms with van der Waals surface area (Å²) in [4.78, 5) is 0. The molecule has 1 aromatic heterocycles. The Balaban J connectivity index is 2.79. The third-order valence-electron chi connectivity index (χ3n) is 3.19. The molecule has 0 aliphatic rings. The lowest BCUT2D eigenvalue weighted by atomic mass is 10.1. The fourth-order valence-electron chi connectivity index (χ4n) is 2.07. The summed E-state index contributed by atoms with van der Waals surface area (Å²) in [6.07, 6.45) is 2.58. The lowest BCUT2D eigenvalue weighted by Crippen LogP contribution is -2.29. The molecule has 0 saturated carbocycles. The van der Waals surface area contributed by atoms with Crippen molar-refractivity contribution in [3.63, 3.8) is 0 Å². The number of ether oxygens (including phenoxy) is 1. The molecule has 1 aromatic rings. The standard InChI is InChI=1S/C13H24ClN3O/c1-5-11-13(14)12(17(6-2)16-11)8-10(15)7-9(3)18-4/h9-10H,5-8,15H2,1-4H3. The summed E-state index contributed by atoms with van der Waals surface area (Å²) in [5.41, 5.74) is 8.15. The fraction of sp³-hybridized carbons (Fsp3) is 0.769. The number of rotatable bonds is 7. The largest absolute Gasteiger partial charge is 0.382 e. The van der Waals surface area contributed by atoms with Gasteiger partial charge in [0, 0.05) is 26.1 Å². The quantitative estimate of drug-likeness (QED) is 0.830. The number of nitrogens with two attached hydrogens (primary N) is 1. The Hall–Kier alpha value is -0.580. The van der Waals surface area contributed by atoms with Crippen LogP contribution in [0.2, 0.25) is 5.02 Å². The van der Waals surface area contributed by atoms with Gasteiger partial charge in [-0.25, -0.2) is 0 Å². The maximum absolute atomic E-state index is 6.35. The first-order valence-corrected chi connectivity index (χ1v) is 6.93. The Labute approximate surface area is 114 Å². The highest BCUT2D eigenvalue weighted by Gasteiger charge is 2.18. The molecule has 0 radical (unpaired) electrons. The van der Waals surface area contributed by atoms with Crippen molar-refractivity contribution in [2.45, 2.75) is 58.7 Å². The molecule has 2 unspecified atom stereocenters. The fourth-order valence-corrected chi connectivity index (χ4v) is 2.41. The number of hydrogen-bond acceptors (Lipinski definition) is 3. The topological polar surface area (TPSA) is 53.1 Å². The van der Waals surface area contributed by atoms with Gasteiger partial charge in [-0.2, -0.15) is 5.10 Å².